The van der Waals surface area contributed by atoms with Crippen LogP contribution in [0.3, 0.4) is 0 Å². The first kappa shape index (κ1) is 25.3. The van der Waals surface area contributed by atoms with Crippen LogP contribution in [0, 0.1) is 0 Å². The van der Waals surface area contributed by atoms with E-state index in [2.05, 4.69) is 0 Å². The van der Waals surface area contributed by atoms with Gasteiger partial charge in [-0.25, -0.2) is 14.2 Å². The van der Waals surface area contributed by atoms with Crippen LogP contribution in [0.1, 0.15) is 0 Å². The summed E-state index contributed by atoms with van der Waals surface area (Å²) in [4.78, 5) is 39.8. The van der Waals surface area contributed by atoms with Gasteiger partial charge in [-0.3, -0.25) is 0 Å². The van der Waals surface area contributed by atoms with Gasteiger partial charge in [-0.1, -0.05) is 0 Å². The van der Waals surface area contributed by atoms with Crippen LogP contribution in [-0.2, 0) is 14.2 Å². The van der Waals surface area contributed by atoms with Gasteiger partial charge in [0.1, 0.15) is 0 Å². The maximum atomic E-state index is 9.75. The van der Waals surface area contributed by atoms with Crippen LogP contribution in [0.15, 0.2) is 0 Å². The molecule has 0 fully saturated rings. The molecule has 0 heterocycles. The Hall–Kier alpha value is -0.568. The first-order valence-corrected chi connectivity index (χ1v) is 4.33. The Bertz CT molecular complexity index is 249. The van der Waals surface area contributed by atoms with Crippen molar-refractivity contribution in [1.82, 2.24) is 0 Å². The molecule has 0 aromatic rings. The van der Waals surface area contributed by atoms with Gasteiger partial charge in [-0.05, 0) is 0 Å². The number of hydrogen-bond donors (Lipinski definition) is 5. The van der Waals surface area contributed by atoms with Crippen molar-refractivity contribution in [2.75, 3.05) is 0 Å². The number of carboxylic acid groups (broad SMARTS) is 2. The van der Waals surface area contributed by atoms with Crippen molar-refractivity contribution in [1.29, 1.82) is 0 Å². The average molecular weight is 283 g/mol. The van der Waals surface area contributed by atoms with Gasteiger partial charge in [0.05, 0.1) is 0 Å². The van der Waals surface area contributed by atoms with E-state index in [4.69, 9.17) is 39.0 Å². The molecule has 0 unspecified atom stereocenters. The predicted molar refractivity (Wildman–Crippen MR) is 46.9 cm³/mol. The summed E-state index contributed by atoms with van der Waals surface area (Å²) in [5.41, 5.74) is 0. The Labute approximate surface area is 103 Å². The van der Waals surface area contributed by atoms with Gasteiger partial charge in [0, 0.05) is 0 Å². The van der Waals surface area contributed by atoms with Crippen molar-refractivity contribution in [3.05, 3.63) is 0 Å². The van der Waals surface area contributed by atoms with Gasteiger partial charge in [-0.15, -0.1) is 0 Å². The molecule has 0 aliphatic rings. The summed E-state index contributed by atoms with van der Waals surface area (Å²) >= 11 is 0. The van der Waals surface area contributed by atoms with Gasteiger partial charge in [0.2, 0.25) is 0 Å². The second-order valence-electron chi connectivity index (χ2n) is 1.62. The van der Waals surface area contributed by atoms with Crippen molar-refractivity contribution < 1.29 is 56.3 Å². The van der Waals surface area contributed by atoms with E-state index in [9.17, 15) is 17.3 Å². The molecular weight excluding hydrogens is 277 g/mol. The van der Waals surface area contributed by atoms with Gasteiger partial charge in [-0.2, -0.15) is 0 Å². The van der Waals surface area contributed by atoms with Crippen LogP contribution in [-0.4, -0.2) is 62.9 Å². The zero-order valence-electron chi connectivity index (χ0n) is 7.00. The zero-order valence-corrected chi connectivity index (χ0v) is 7.89. The molecule has 5 N–H and O–H groups in total. The Morgan fingerprint density at radius 3 is 0.941 bits per heavy atom. The minimum atomic E-state index is -6.00. The monoisotopic (exact) mass is 283 g/mol. The predicted octanol–water partition coefficient (Wildman–Crippen LogP) is -1.12. The second-order valence-corrected chi connectivity index (χ2v) is 2.65. The Balaban J connectivity index is -0.0000000729. The molecule has 0 aliphatic carbocycles. The SMILES string of the molecule is F[B-](F)(F)F.O=C(O)C(=O)O.O=P(O)(O)O.[LiH]. The standard InChI is InChI=1S/C2H2O4.BF4.Li.H3O4P.H/c3-1(4)2(5)6;2-1(3,4)5;;1-5(2,3)4;/h(H,3,4)(H,5,6);;;(H3,1,2,3,4);/q;-1;;;. The normalized spacial score (nSPS) is 9.59. The molecule has 0 bridgehead atoms. The molecule has 8 nitrogen and oxygen atoms in total. The summed E-state index contributed by atoms with van der Waals surface area (Å²) in [5.74, 6) is -3.65. The first-order valence-electron chi connectivity index (χ1n) is 2.76. The zero-order chi connectivity index (χ0) is 14.2. The van der Waals surface area contributed by atoms with E-state index in [1.165, 1.54) is 0 Å². The molecule has 0 aromatic carbocycles. The van der Waals surface area contributed by atoms with Crippen LogP contribution in [0.2, 0.25) is 0 Å². The second kappa shape index (κ2) is 10.6. The molecule has 17 heavy (non-hydrogen) atoms. The topological polar surface area (TPSA) is 152 Å². The van der Waals surface area contributed by atoms with E-state index in [0.29, 0.717) is 0 Å². The van der Waals surface area contributed by atoms with Crippen LogP contribution in [0.5, 0.6) is 0 Å². The van der Waals surface area contributed by atoms with Gasteiger partial charge in [0.15, 0.2) is 0 Å². The number of aliphatic carboxylic acids is 2. The van der Waals surface area contributed by atoms with E-state index in [0.717, 1.165) is 0 Å². The fraction of sp³-hybridized carbons (Fsp3) is 0. The number of carbonyl (C=O) groups is 2. The van der Waals surface area contributed by atoms with E-state index < -0.39 is 27.0 Å². The molecule has 0 saturated carbocycles. The van der Waals surface area contributed by atoms with Crippen molar-refractivity contribution in [3.63, 3.8) is 0 Å². The van der Waals surface area contributed by atoms with E-state index >= 15 is 0 Å². The molecule has 0 saturated heterocycles. The van der Waals surface area contributed by atoms with Crippen LogP contribution >= 0.6 is 7.82 Å². The van der Waals surface area contributed by atoms with Crippen LogP contribution in [0.4, 0.5) is 17.3 Å². The molecule has 15 heteroatoms. The fourth-order valence-corrected chi connectivity index (χ4v) is 0. The molecule has 0 spiro atoms. The molecule has 0 aromatic heterocycles. The van der Waals surface area contributed by atoms with Crippen molar-refractivity contribution in [3.8, 4) is 0 Å². The molecule has 0 radical (unpaired) electrons. The Morgan fingerprint density at radius 2 is 0.941 bits per heavy atom. The summed E-state index contributed by atoms with van der Waals surface area (Å²) in [5, 5.41) is 14.8. The number of hydrogen-bond acceptors (Lipinski definition) is 3. The number of halogens is 4. The molecule has 0 aliphatic heterocycles. The number of carboxylic acids is 2. The Morgan fingerprint density at radius 1 is 0.882 bits per heavy atom. The summed E-state index contributed by atoms with van der Waals surface area (Å²) in [6.45, 7) is 0. The Kier molecular flexibility index (Phi) is 15.8. The molecule has 0 atom stereocenters. The number of rotatable bonds is 0. The summed E-state index contributed by atoms with van der Waals surface area (Å²) in [7, 11) is -10.6. The third-order valence-corrected chi connectivity index (χ3v) is 0.183. The summed E-state index contributed by atoms with van der Waals surface area (Å²) in [6.07, 6.45) is 0. The van der Waals surface area contributed by atoms with Crippen molar-refractivity contribution >= 4 is 45.9 Å². The van der Waals surface area contributed by atoms with Gasteiger partial charge < -0.3 is 42.2 Å². The third-order valence-electron chi connectivity index (χ3n) is 0.183. The maximum absolute atomic E-state index is 9.75. The van der Waals surface area contributed by atoms with Crippen LogP contribution < -0.4 is 0 Å². The van der Waals surface area contributed by atoms with E-state index in [-0.39, 0.29) is 18.9 Å². The molecular formula is C2H6BF4LiO8P-. The molecule has 100 valence electrons. The van der Waals surface area contributed by atoms with Gasteiger partial charge >= 0.3 is 45.9 Å². The van der Waals surface area contributed by atoms with E-state index in [1.807, 2.05) is 0 Å². The number of phosphoric acid groups is 1. The average Bonchev–Trinajstić information content (AvgIpc) is 1.77. The third kappa shape index (κ3) is 236. The van der Waals surface area contributed by atoms with Gasteiger partial charge in [0.25, 0.3) is 0 Å². The molecule has 0 amide bonds. The van der Waals surface area contributed by atoms with Crippen molar-refractivity contribution in [2.24, 2.45) is 0 Å². The quantitative estimate of drug-likeness (QED) is 0.162. The summed E-state index contributed by atoms with van der Waals surface area (Å²) in [6, 6.07) is 0. The van der Waals surface area contributed by atoms with E-state index in [1.54, 1.807) is 0 Å². The van der Waals surface area contributed by atoms with Crippen LogP contribution in [0.25, 0.3) is 0 Å². The molecule has 0 rings (SSSR count). The first-order chi connectivity index (χ1) is 6.64. The minimum absolute atomic E-state index is 0. The van der Waals surface area contributed by atoms with Crippen molar-refractivity contribution in [2.45, 2.75) is 0 Å². The summed E-state index contributed by atoms with van der Waals surface area (Å²) < 4.78 is 47.9. The fourth-order valence-electron chi connectivity index (χ4n) is 0.